The number of nitrogens with zero attached hydrogens (tertiary/aromatic N) is 2. The highest BCUT2D eigenvalue weighted by atomic mass is 35.5. The van der Waals surface area contributed by atoms with Crippen molar-refractivity contribution in [3.8, 4) is 5.75 Å². The number of halogens is 1. The zero-order valence-corrected chi connectivity index (χ0v) is 15.3. The molecule has 0 saturated heterocycles. The maximum Gasteiger partial charge on any atom is 0.262 e. The van der Waals surface area contributed by atoms with Crippen molar-refractivity contribution in [3.05, 3.63) is 76.1 Å². The van der Waals surface area contributed by atoms with Gasteiger partial charge in [0.2, 0.25) is 0 Å². The van der Waals surface area contributed by atoms with Gasteiger partial charge in [-0.2, -0.15) is 0 Å². The zero-order chi connectivity index (χ0) is 17.8. The highest BCUT2D eigenvalue weighted by Gasteiger charge is 2.12. The number of thioether (sulfide) groups is 1. The number of hydrogen-bond donors (Lipinski definition) is 0. The second kappa shape index (κ2) is 7.76. The fourth-order valence-electron chi connectivity index (χ4n) is 2.55. The van der Waals surface area contributed by atoms with Gasteiger partial charge in [-0.25, -0.2) is 4.98 Å². The van der Waals surface area contributed by atoms with Crippen LogP contribution in [0.1, 0.15) is 5.56 Å². The molecule has 0 aliphatic carbocycles. The molecule has 0 aliphatic heterocycles. The summed E-state index contributed by atoms with van der Waals surface area (Å²) in [6, 6.07) is 12.8. The Morgan fingerprint density at radius 1 is 1.32 bits per heavy atom. The lowest BCUT2D eigenvalue weighted by molar-refractivity contribution is 0.411. The molecule has 3 aromatic rings. The number of aromatic nitrogens is 2. The number of allylic oxidation sites excluding steroid dienone is 1. The molecular weight excluding hydrogens is 356 g/mol. The van der Waals surface area contributed by atoms with Gasteiger partial charge in [0, 0.05) is 22.9 Å². The standard InChI is InChI=1S/C19H17ClN2O2S/c1-3-10-22-18(23)15-6-4-5-7-16(15)21-19(22)25-12-13-11-14(20)8-9-17(13)24-2/h3-9,11H,1,10,12H2,2H3. The van der Waals surface area contributed by atoms with Crippen LogP contribution < -0.4 is 10.3 Å². The second-order valence-corrected chi connectivity index (χ2v) is 6.74. The zero-order valence-electron chi connectivity index (χ0n) is 13.7. The molecule has 0 saturated carbocycles. The molecule has 0 atom stereocenters. The van der Waals surface area contributed by atoms with Crippen molar-refractivity contribution in [2.45, 2.75) is 17.5 Å². The molecular formula is C19H17ClN2O2S. The maximum atomic E-state index is 12.7. The van der Waals surface area contributed by atoms with Crippen molar-refractivity contribution >= 4 is 34.3 Å². The van der Waals surface area contributed by atoms with Crippen molar-refractivity contribution in [2.75, 3.05) is 7.11 Å². The third-order valence-corrected chi connectivity index (χ3v) is 5.00. The lowest BCUT2D eigenvalue weighted by Gasteiger charge is -2.13. The van der Waals surface area contributed by atoms with E-state index in [4.69, 9.17) is 16.3 Å². The van der Waals surface area contributed by atoms with Crippen molar-refractivity contribution in [2.24, 2.45) is 0 Å². The van der Waals surface area contributed by atoms with Crippen molar-refractivity contribution in [1.82, 2.24) is 9.55 Å². The number of hydrogen-bond acceptors (Lipinski definition) is 4. The summed E-state index contributed by atoms with van der Waals surface area (Å²) in [6.45, 7) is 4.15. The fourth-order valence-corrected chi connectivity index (χ4v) is 3.73. The predicted molar refractivity (Wildman–Crippen MR) is 104 cm³/mol. The van der Waals surface area contributed by atoms with Gasteiger partial charge in [-0.1, -0.05) is 41.6 Å². The normalized spacial score (nSPS) is 10.8. The Morgan fingerprint density at radius 2 is 2.12 bits per heavy atom. The quantitative estimate of drug-likeness (QED) is 0.362. The smallest absolute Gasteiger partial charge is 0.262 e. The molecule has 128 valence electrons. The Kier molecular flexibility index (Phi) is 5.46. The number of benzene rings is 2. The Balaban J connectivity index is 2.01. The van der Waals surface area contributed by atoms with Crippen LogP contribution in [0.4, 0.5) is 0 Å². The van der Waals surface area contributed by atoms with Crippen LogP contribution in [-0.2, 0) is 12.3 Å². The molecule has 0 bridgehead atoms. The molecule has 0 N–H and O–H groups in total. The first-order valence-corrected chi connectivity index (χ1v) is 9.06. The van der Waals surface area contributed by atoms with E-state index in [9.17, 15) is 4.79 Å². The van der Waals surface area contributed by atoms with Gasteiger partial charge in [0.15, 0.2) is 5.16 Å². The van der Waals surface area contributed by atoms with Gasteiger partial charge in [0.1, 0.15) is 5.75 Å². The van der Waals surface area contributed by atoms with Gasteiger partial charge >= 0.3 is 0 Å². The maximum absolute atomic E-state index is 12.7. The van der Waals surface area contributed by atoms with Crippen LogP contribution in [0.25, 0.3) is 10.9 Å². The Bertz CT molecular complexity index is 985. The van der Waals surface area contributed by atoms with E-state index in [1.807, 2.05) is 30.3 Å². The van der Waals surface area contributed by atoms with E-state index in [0.29, 0.717) is 33.4 Å². The minimum atomic E-state index is -0.0638. The first-order chi connectivity index (χ1) is 12.1. The summed E-state index contributed by atoms with van der Waals surface area (Å²) in [5.74, 6) is 1.35. The number of rotatable bonds is 6. The van der Waals surface area contributed by atoms with E-state index in [1.165, 1.54) is 11.8 Å². The summed E-state index contributed by atoms with van der Waals surface area (Å²) in [5.41, 5.74) is 1.58. The van der Waals surface area contributed by atoms with Gasteiger partial charge < -0.3 is 4.74 Å². The average Bonchev–Trinajstić information content (AvgIpc) is 2.63. The average molecular weight is 373 g/mol. The van der Waals surface area contributed by atoms with Crippen LogP contribution in [0.2, 0.25) is 5.02 Å². The molecule has 0 aliphatic rings. The molecule has 6 heteroatoms. The summed E-state index contributed by atoms with van der Waals surface area (Å²) < 4.78 is 7.02. The van der Waals surface area contributed by atoms with E-state index in [-0.39, 0.29) is 5.56 Å². The molecule has 2 aromatic carbocycles. The van der Waals surface area contributed by atoms with Gasteiger partial charge in [-0.15, -0.1) is 6.58 Å². The lowest BCUT2D eigenvalue weighted by Crippen LogP contribution is -2.22. The van der Waals surface area contributed by atoms with Crippen molar-refractivity contribution in [1.29, 1.82) is 0 Å². The van der Waals surface area contributed by atoms with Gasteiger partial charge in [0.25, 0.3) is 5.56 Å². The van der Waals surface area contributed by atoms with E-state index in [2.05, 4.69) is 11.6 Å². The first kappa shape index (κ1) is 17.6. The van der Waals surface area contributed by atoms with Crippen LogP contribution in [0, 0.1) is 0 Å². The topological polar surface area (TPSA) is 44.1 Å². The van der Waals surface area contributed by atoms with Crippen LogP contribution in [-0.4, -0.2) is 16.7 Å². The number of fused-ring (bicyclic) bond motifs is 1. The molecule has 0 fully saturated rings. The summed E-state index contributed by atoms with van der Waals surface area (Å²) in [7, 11) is 1.62. The van der Waals surface area contributed by atoms with Crippen LogP contribution >= 0.6 is 23.4 Å². The Hall–Kier alpha value is -2.24. The molecule has 3 rings (SSSR count). The fraction of sp³-hybridized carbons (Fsp3) is 0.158. The van der Waals surface area contributed by atoms with Crippen molar-refractivity contribution in [3.63, 3.8) is 0 Å². The summed E-state index contributed by atoms with van der Waals surface area (Å²) >= 11 is 7.56. The number of methoxy groups -OCH3 is 1. The van der Waals surface area contributed by atoms with Crippen LogP contribution in [0.5, 0.6) is 5.75 Å². The summed E-state index contributed by atoms with van der Waals surface area (Å²) in [6.07, 6.45) is 1.70. The molecule has 25 heavy (non-hydrogen) atoms. The van der Waals surface area contributed by atoms with Crippen LogP contribution in [0.15, 0.2) is 65.1 Å². The highest BCUT2D eigenvalue weighted by Crippen LogP contribution is 2.29. The SMILES string of the molecule is C=CCn1c(SCc2cc(Cl)ccc2OC)nc2ccccc2c1=O. The summed E-state index contributed by atoms with van der Waals surface area (Å²) in [4.78, 5) is 17.4. The molecule has 0 radical (unpaired) electrons. The summed E-state index contributed by atoms with van der Waals surface area (Å²) in [5, 5.41) is 1.89. The van der Waals surface area contributed by atoms with Gasteiger partial charge in [-0.05, 0) is 30.3 Å². The molecule has 4 nitrogen and oxygen atoms in total. The van der Waals surface area contributed by atoms with Crippen molar-refractivity contribution < 1.29 is 4.74 Å². The molecule has 0 spiro atoms. The minimum absolute atomic E-state index is 0.0638. The largest absolute Gasteiger partial charge is 0.496 e. The van der Waals surface area contributed by atoms with E-state index >= 15 is 0 Å². The first-order valence-electron chi connectivity index (χ1n) is 7.69. The monoisotopic (exact) mass is 372 g/mol. The molecule has 0 unspecified atom stereocenters. The van der Waals surface area contributed by atoms with Gasteiger partial charge in [0.05, 0.1) is 18.0 Å². The molecule has 1 heterocycles. The molecule has 0 amide bonds. The minimum Gasteiger partial charge on any atom is -0.496 e. The number of ether oxygens (including phenoxy) is 1. The van der Waals surface area contributed by atoms with Crippen LogP contribution in [0.3, 0.4) is 0 Å². The Labute approximate surface area is 155 Å². The van der Waals surface area contributed by atoms with Gasteiger partial charge in [-0.3, -0.25) is 9.36 Å². The number of para-hydroxylation sites is 1. The highest BCUT2D eigenvalue weighted by molar-refractivity contribution is 7.98. The lowest BCUT2D eigenvalue weighted by atomic mass is 10.2. The molecule has 1 aromatic heterocycles. The van der Waals surface area contributed by atoms with E-state index in [1.54, 1.807) is 29.9 Å². The second-order valence-electron chi connectivity index (χ2n) is 5.36. The third kappa shape index (κ3) is 3.72. The predicted octanol–water partition coefficient (Wildman–Crippen LogP) is 4.54. The third-order valence-electron chi connectivity index (χ3n) is 3.74. The Morgan fingerprint density at radius 3 is 2.88 bits per heavy atom. The van der Waals surface area contributed by atoms with E-state index in [0.717, 1.165) is 11.3 Å². The van der Waals surface area contributed by atoms with E-state index < -0.39 is 0 Å².